The number of anilines is 1. The predicted octanol–water partition coefficient (Wildman–Crippen LogP) is 3.39. The first-order valence-electron chi connectivity index (χ1n) is 9.04. The van der Waals surface area contributed by atoms with Gasteiger partial charge in [-0.2, -0.15) is 5.10 Å². The molecule has 154 valence electrons. The lowest BCUT2D eigenvalue weighted by atomic mass is 9.93. The molecule has 0 aliphatic carbocycles. The van der Waals surface area contributed by atoms with Crippen LogP contribution in [0.1, 0.15) is 29.5 Å². The summed E-state index contributed by atoms with van der Waals surface area (Å²) in [6.07, 6.45) is 0.158. The smallest absolute Gasteiger partial charge is 0.249 e. The predicted molar refractivity (Wildman–Crippen MR) is 98.9 cm³/mol. The second kappa shape index (κ2) is 7.69. The van der Waals surface area contributed by atoms with Crippen LogP contribution in [0, 0.1) is 30.3 Å². The minimum Gasteiger partial charge on any atom is -0.344 e. The fourth-order valence-electron chi connectivity index (χ4n) is 3.64. The summed E-state index contributed by atoms with van der Waals surface area (Å²) in [7, 11) is 0. The number of hydrogen-bond donors (Lipinski definition) is 0. The number of aromatic nitrogens is 2. The average Bonchev–Trinajstić information content (AvgIpc) is 3.33. The summed E-state index contributed by atoms with van der Waals surface area (Å²) >= 11 is 1.34. The summed E-state index contributed by atoms with van der Waals surface area (Å²) in [5.41, 5.74) is -0.314. The van der Waals surface area contributed by atoms with Gasteiger partial charge in [-0.1, -0.05) is 11.3 Å². The van der Waals surface area contributed by atoms with Crippen molar-refractivity contribution in [2.24, 2.45) is 11.0 Å². The molecular formula is C18H17F4N5OS. The molecule has 6 nitrogen and oxygen atoms in total. The molecule has 3 heterocycles. The number of piperidine rings is 1. The van der Waals surface area contributed by atoms with Gasteiger partial charge in [0.2, 0.25) is 11.0 Å². The van der Waals surface area contributed by atoms with Crippen molar-refractivity contribution in [3.05, 3.63) is 40.2 Å². The Hall–Kier alpha value is -2.56. The zero-order chi connectivity index (χ0) is 20.7. The number of aryl methyl sites for hydroxylation is 1. The molecule has 11 heteroatoms. The van der Waals surface area contributed by atoms with Crippen molar-refractivity contribution in [3.63, 3.8) is 0 Å². The SMILES string of the molecule is Cc1nnc(N2CC[C@@H](C(=O)N3N=CC[C@H]3c3cc(F)cc(F)c3F)[C@@H](F)C2)s1. The van der Waals surface area contributed by atoms with Gasteiger partial charge >= 0.3 is 0 Å². The van der Waals surface area contributed by atoms with Gasteiger partial charge in [-0.05, 0) is 19.4 Å². The van der Waals surface area contributed by atoms with Crippen LogP contribution in [-0.2, 0) is 4.79 Å². The van der Waals surface area contributed by atoms with E-state index in [4.69, 9.17) is 0 Å². The standard InChI is InChI=1S/C18H17F4N5OS/c1-9-24-25-18(29-9)26-5-3-11(14(21)8-26)17(28)27-15(2-4-23-27)12-6-10(19)7-13(20)16(12)22/h4,6-7,11,14-15H,2-3,5,8H2,1H3/t11-,14+,15+/m1/s1. The van der Waals surface area contributed by atoms with E-state index >= 15 is 0 Å². The quantitative estimate of drug-likeness (QED) is 0.557. The van der Waals surface area contributed by atoms with E-state index in [2.05, 4.69) is 15.3 Å². The van der Waals surface area contributed by atoms with Crippen molar-refractivity contribution in [2.75, 3.05) is 18.0 Å². The van der Waals surface area contributed by atoms with Gasteiger partial charge in [-0.3, -0.25) is 4.79 Å². The third-order valence-corrected chi connectivity index (χ3v) is 5.98. The molecular weight excluding hydrogens is 410 g/mol. The number of hydrazone groups is 1. The van der Waals surface area contributed by atoms with E-state index in [1.165, 1.54) is 17.6 Å². The lowest BCUT2D eigenvalue weighted by Gasteiger charge is -2.35. The van der Waals surface area contributed by atoms with Gasteiger partial charge in [-0.15, -0.1) is 10.2 Å². The minimum absolute atomic E-state index is 0.0315. The molecule has 4 rings (SSSR count). The number of halogens is 4. The molecule has 0 radical (unpaired) electrons. The van der Waals surface area contributed by atoms with Gasteiger partial charge in [0.05, 0.1) is 18.5 Å². The van der Waals surface area contributed by atoms with Crippen LogP contribution in [0.15, 0.2) is 17.2 Å². The summed E-state index contributed by atoms with van der Waals surface area (Å²) in [5.74, 6) is -5.16. The van der Waals surface area contributed by atoms with Crippen LogP contribution in [0.4, 0.5) is 22.7 Å². The summed E-state index contributed by atoms with van der Waals surface area (Å²) in [6.45, 7) is 2.16. The average molecular weight is 427 g/mol. The summed E-state index contributed by atoms with van der Waals surface area (Å²) in [5, 5.41) is 14.1. The molecule has 1 amide bonds. The Balaban J connectivity index is 1.51. The molecule has 3 atom stereocenters. The fourth-order valence-corrected chi connectivity index (χ4v) is 4.37. The Morgan fingerprint density at radius 1 is 1.24 bits per heavy atom. The molecule has 2 aliphatic rings. The number of benzene rings is 1. The van der Waals surface area contributed by atoms with Gasteiger partial charge in [0.15, 0.2) is 11.6 Å². The second-order valence-corrected chi connectivity index (χ2v) is 8.14. The summed E-state index contributed by atoms with van der Waals surface area (Å²) < 4.78 is 56.3. The second-order valence-electron chi connectivity index (χ2n) is 6.98. The maximum absolute atomic E-state index is 14.9. The van der Waals surface area contributed by atoms with E-state index in [0.717, 1.165) is 16.1 Å². The zero-order valence-corrected chi connectivity index (χ0v) is 16.2. The fraction of sp³-hybridized carbons (Fsp3) is 0.444. The molecule has 0 saturated carbocycles. The molecule has 2 aromatic rings. The Morgan fingerprint density at radius 2 is 2.03 bits per heavy atom. The first-order valence-corrected chi connectivity index (χ1v) is 9.86. The van der Waals surface area contributed by atoms with E-state index in [1.807, 2.05) is 0 Å². The number of alkyl halides is 1. The van der Waals surface area contributed by atoms with Crippen LogP contribution in [0.25, 0.3) is 0 Å². The molecule has 0 bridgehead atoms. The van der Waals surface area contributed by atoms with Gasteiger partial charge in [-0.25, -0.2) is 22.6 Å². The van der Waals surface area contributed by atoms with Crippen molar-refractivity contribution in [1.29, 1.82) is 0 Å². The molecule has 0 N–H and O–H groups in total. The van der Waals surface area contributed by atoms with Crippen LogP contribution < -0.4 is 4.90 Å². The molecule has 29 heavy (non-hydrogen) atoms. The van der Waals surface area contributed by atoms with E-state index in [0.29, 0.717) is 17.7 Å². The van der Waals surface area contributed by atoms with Crippen LogP contribution in [0.2, 0.25) is 0 Å². The maximum Gasteiger partial charge on any atom is 0.249 e. The van der Waals surface area contributed by atoms with Gasteiger partial charge in [0.1, 0.15) is 17.0 Å². The highest BCUT2D eigenvalue weighted by molar-refractivity contribution is 7.15. The number of carbonyl (C=O) groups is 1. The number of amides is 1. The Morgan fingerprint density at radius 3 is 2.72 bits per heavy atom. The maximum atomic E-state index is 14.9. The normalized spacial score (nSPS) is 24.4. The third kappa shape index (κ3) is 3.70. The van der Waals surface area contributed by atoms with Crippen molar-refractivity contribution < 1.29 is 22.4 Å². The number of hydrogen-bond acceptors (Lipinski definition) is 6. The molecule has 0 unspecified atom stereocenters. The van der Waals surface area contributed by atoms with Crippen molar-refractivity contribution in [3.8, 4) is 0 Å². The highest BCUT2D eigenvalue weighted by Crippen LogP contribution is 2.35. The van der Waals surface area contributed by atoms with Crippen molar-refractivity contribution in [1.82, 2.24) is 15.2 Å². The summed E-state index contributed by atoms with van der Waals surface area (Å²) in [6, 6.07) is 0.262. The molecule has 1 aromatic carbocycles. The first kappa shape index (κ1) is 19.7. The van der Waals surface area contributed by atoms with Crippen LogP contribution in [-0.4, -0.2) is 46.6 Å². The van der Waals surface area contributed by atoms with E-state index in [1.54, 1.807) is 11.8 Å². The highest BCUT2D eigenvalue weighted by atomic mass is 32.1. The third-order valence-electron chi connectivity index (χ3n) is 5.08. The molecule has 1 fully saturated rings. The van der Waals surface area contributed by atoms with E-state index < -0.39 is 41.5 Å². The molecule has 0 spiro atoms. The highest BCUT2D eigenvalue weighted by Gasteiger charge is 2.41. The van der Waals surface area contributed by atoms with E-state index in [9.17, 15) is 22.4 Å². The molecule has 1 saturated heterocycles. The lowest BCUT2D eigenvalue weighted by Crippen LogP contribution is -2.48. The Labute approximate surface area is 167 Å². The Bertz CT molecular complexity index is 968. The number of nitrogens with zero attached hydrogens (tertiary/aromatic N) is 5. The topological polar surface area (TPSA) is 61.7 Å². The van der Waals surface area contributed by atoms with Crippen LogP contribution in [0.3, 0.4) is 0 Å². The van der Waals surface area contributed by atoms with Crippen LogP contribution >= 0.6 is 11.3 Å². The van der Waals surface area contributed by atoms with Crippen molar-refractivity contribution in [2.45, 2.75) is 32.0 Å². The van der Waals surface area contributed by atoms with Gasteiger partial charge in [0.25, 0.3) is 0 Å². The van der Waals surface area contributed by atoms with Crippen molar-refractivity contribution >= 4 is 28.6 Å². The zero-order valence-electron chi connectivity index (χ0n) is 15.4. The van der Waals surface area contributed by atoms with E-state index in [-0.39, 0.29) is 24.9 Å². The van der Waals surface area contributed by atoms with Crippen LogP contribution in [0.5, 0.6) is 0 Å². The first-order chi connectivity index (χ1) is 13.8. The molecule has 2 aliphatic heterocycles. The summed E-state index contributed by atoms with van der Waals surface area (Å²) in [4.78, 5) is 14.7. The van der Waals surface area contributed by atoms with Gasteiger partial charge < -0.3 is 4.90 Å². The lowest BCUT2D eigenvalue weighted by molar-refractivity contribution is -0.140. The minimum atomic E-state index is -1.49. The largest absolute Gasteiger partial charge is 0.344 e. The Kier molecular flexibility index (Phi) is 5.24. The molecule has 1 aromatic heterocycles. The number of rotatable bonds is 3. The number of carbonyl (C=O) groups excluding carboxylic acids is 1. The monoisotopic (exact) mass is 427 g/mol. The van der Waals surface area contributed by atoms with Gasteiger partial charge in [0, 0.05) is 30.8 Å².